The Kier molecular flexibility index (Phi) is 6.53. The second-order valence-electron chi connectivity index (χ2n) is 10.5. The van der Waals surface area contributed by atoms with Crippen LogP contribution in [0.25, 0.3) is 0 Å². The third-order valence-corrected chi connectivity index (χ3v) is 10.0. The molecule has 1 spiro atoms. The predicted molar refractivity (Wildman–Crippen MR) is 132 cm³/mol. The fourth-order valence-corrected chi connectivity index (χ4v) is 8.77. The summed E-state index contributed by atoms with van der Waals surface area (Å²) in [5, 5.41) is 13.4. The molecule has 34 heavy (non-hydrogen) atoms. The largest absolute Gasteiger partial charge is 0.466 e. The van der Waals surface area contributed by atoms with E-state index in [-0.39, 0.29) is 36.9 Å². The van der Waals surface area contributed by atoms with Crippen molar-refractivity contribution < 1.29 is 24.2 Å². The fourth-order valence-electron chi connectivity index (χ4n) is 6.43. The Morgan fingerprint density at radius 2 is 1.91 bits per heavy atom. The first kappa shape index (κ1) is 25.0. The van der Waals surface area contributed by atoms with Crippen molar-refractivity contribution in [1.82, 2.24) is 4.90 Å². The molecule has 3 saturated heterocycles. The molecule has 0 aromatic heterocycles. The van der Waals surface area contributed by atoms with Gasteiger partial charge in [-0.3, -0.25) is 14.4 Å². The average molecular weight is 489 g/mol. The Labute approximate surface area is 206 Å². The molecule has 186 valence electrons. The highest BCUT2D eigenvalue weighted by Gasteiger charge is 2.78. The Bertz CT molecular complexity index is 993. The zero-order valence-corrected chi connectivity index (χ0v) is 21.7. The van der Waals surface area contributed by atoms with Gasteiger partial charge >= 0.3 is 5.97 Å². The van der Waals surface area contributed by atoms with Gasteiger partial charge in [-0.2, -0.15) is 0 Å². The van der Waals surface area contributed by atoms with Crippen molar-refractivity contribution in [3.63, 3.8) is 0 Å². The predicted octanol–water partition coefficient (Wildman–Crippen LogP) is 3.30. The molecule has 7 nitrogen and oxygen atoms in total. The maximum absolute atomic E-state index is 14.1. The zero-order chi connectivity index (χ0) is 25.0. The number of hydrogen-bond donors (Lipinski definition) is 2. The van der Waals surface area contributed by atoms with E-state index in [1.54, 1.807) is 23.6 Å². The van der Waals surface area contributed by atoms with E-state index in [0.717, 1.165) is 23.2 Å². The lowest BCUT2D eigenvalue weighted by Crippen LogP contribution is -2.56. The number of fused-ring (bicyclic) bond motifs is 1. The van der Waals surface area contributed by atoms with Gasteiger partial charge in [0.2, 0.25) is 11.8 Å². The fraction of sp³-hybridized carbons (Fsp3) is 0.654. The van der Waals surface area contributed by atoms with Gasteiger partial charge in [-0.25, -0.2) is 0 Å². The highest BCUT2D eigenvalue weighted by Crippen LogP contribution is 2.71. The molecule has 3 heterocycles. The number of aryl methyl sites for hydroxylation is 2. The Balaban J connectivity index is 1.81. The Hall–Kier alpha value is -2.06. The molecule has 1 aromatic rings. The number of carbonyl (C=O) groups is 3. The summed E-state index contributed by atoms with van der Waals surface area (Å²) in [5.74, 6) is -2.14. The van der Waals surface area contributed by atoms with Gasteiger partial charge < -0.3 is 20.1 Å². The van der Waals surface area contributed by atoms with Crippen LogP contribution in [0.2, 0.25) is 0 Å². The summed E-state index contributed by atoms with van der Waals surface area (Å²) in [6, 6.07) is 4.53. The number of hydrogen-bond acceptors (Lipinski definition) is 6. The molecule has 6 atom stereocenters. The number of carbonyl (C=O) groups excluding carboxylic acids is 3. The minimum atomic E-state index is -0.783. The summed E-state index contributed by atoms with van der Waals surface area (Å²) >= 11 is 1.61. The van der Waals surface area contributed by atoms with Crippen LogP contribution < -0.4 is 5.32 Å². The summed E-state index contributed by atoms with van der Waals surface area (Å²) < 4.78 is 4.23. The highest BCUT2D eigenvalue weighted by atomic mass is 32.2. The normalized spacial score (nSPS) is 32.8. The van der Waals surface area contributed by atoms with E-state index in [0.29, 0.717) is 6.42 Å². The molecule has 1 aromatic carbocycles. The maximum atomic E-state index is 14.1. The minimum absolute atomic E-state index is 0.0569. The first-order valence-corrected chi connectivity index (χ1v) is 13.0. The molecule has 4 rings (SSSR count). The zero-order valence-electron chi connectivity index (χ0n) is 20.9. The van der Waals surface area contributed by atoms with Gasteiger partial charge in [0.15, 0.2) is 0 Å². The summed E-state index contributed by atoms with van der Waals surface area (Å²) in [7, 11) is 0. The molecule has 3 aliphatic heterocycles. The summed E-state index contributed by atoms with van der Waals surface area (Å²) in [6.07, 6.45) is 1.40. The molecule has 3 fully saturated rings. The number of nitrogens with one attached hydrogen (secondary N) is 1. The van der Waals surface area contributed by atoms with E-state index in [1.165, 1.54) is 0 Å². The van der Waals surface area contributed by atoms with Gasteiger partial charge in [0.1, 0.15) is 6.04 Å². The highest BCUT2D eigenvalue weighted by molar-refractivity contribution is 8.02. The topological polar surface area (TPSA) is 95.9 Å². The third-order valence-electron chi connectivity index (χ3n) is 8.05. The summed E-state index contributed by atoms with van der Waals surface area (Å²) in [5.41, 5.74) is 2.64. The number of nitrogens with zero attached hydrogens (tertiary/aromatic N) is 1. The van der Waals surface area contributed by atoms with Crippen LogP contribution in [0, 0.1) is 31.6 Å². The first-order chi connectivity index (χ1) is 16.0. The Morgan fingerprint density at radius 3 is 2.47 bits per heavy atom. The molecule has 0 saturated carbocycles. The lowest BCUT2D eigenvalue weighted by molar-refractivity contribution is -0.155. The Morgan fingerprint density at radius 1 is 1.26 bits per heavy atom. The number of aliphatic hydroxyl groups excluding tert-OH is 1. The number of thioether (sulfide) groups is 1. The van der Waals surface area contributed by atoms with Crippen molar-refractivity contribution in [2.45, 2.75) is 76.0 Å². The smallest absolute Gasteiger partial charge is 0.311 e. The van der Waals surface area contributed by atoms with Crippen LogP contribution in [-0.4, -0.2) is 62.6 Å². The van der Waals surface area contributed by atoms with E-state index >= 15 is 0 Å². The molecule has 2 amide bonds. The van der Waals surface area contributed by atoms with E-state index in [2.05, 4.69) is 5.32 Å². The van der Waals surface area contributed by atoms with Crippen LogP contribution in [-0.2, 0) is 19.1 Å². The van der Waals surface area contributed by atoms with Crippen LogP contribution in [0.3, 0.4) is 0 Å². The molecular formula is C26H36N2O5S. The monoisotopic (exact) mass is 488 g/mol. The molecule has 0 radical (unpaired) electrons. The van der Waals surface area contributed by atoms with Crippen molar-refractivity contribution >= 4 is 35.2 Å². The molecule has 2 bridgehead atoms. The maximum Gasteiger partial charge on any atom is 0.311 e. The van der Waals surface area contributed by atoms with Gasteiger partial charge in [0.05, 0.1) is 35.8 Å². The van der Waals surface area contributed by atoms with Gasteiger partial charge in [0.25, 0.3) is 0 Å². The number of ether oxygens (including phenoxy) is 1. The van der Waals surface area contributed by atoms with Crippen LogP contribution in [0.4, 0.5) is 5.69 Å². The van der Waals surface area contributed by atoms with E-state index in [1.807, 2.05) is 52.8 Å². The lowest BCUT2D eigenvalue weighted by atomic mass is 9.66. The van der Waals surface area contributed by atoms with E-state index in [4.69, 9.17) is 4.74 Å². The van der Waals surface area contributed by atoms with Crippen LogP contribution in [0.5, 0.6) is 0 Å². The number of amides is 2. The molecular weight excluding hydrogens is 452 g/mol. The summed E-state index contributed by atoms with van der Waals surface area (Å²) in [6.45, 7) is 11.6. The van der Waals surface area contributed by atoms with Crippen molar-refractivity contribution in [2.24, 2.45) is 17.8 Å². The average Bonchev–Trinajstić information content (AvgIpc) is 3.32. The third kappa shape index (κ3) is 3.56. The number of aliphatic hydroxyl groups is 1. The lowest BCUT2D eigenvalue weighted by Gasteiger charge is -2.38. The molecule has 2 N–H and O–H groups in total. The molecule has 3 aliphatic rings. The SMILES string of the molecule is CCOC(=O)[C@@H]1[C@H]2C(=O)N([C@@H](CO)C(C)C)C(C(=O)Nc3c(C)cccc3C)C23CC[C@@]1(C)S3. The van der Waals surface area contributed by atoms with Crippen molar-refractivity contribution in [1.29, 1.82) is 0 Å². The first-order valence-electron chi connectivity index (χ1n) is 12.2. The van der Waals surface area contributed by atoms with Gasteiger partial charge in [-0.1, -0.05) is 32.0 Å². The standard InChI is InChI=1S/C26H36N2O5S/c1-7-33-24(32)19-18-23(31)28(17(13-29)14(2)3)21(26(18)12-11-25(19,6)34-26)22(30)27-20-15(4)9-8-10-16(20)5/h8-10,14,17-19,21,29H,7,11-13H2,1-6H3,(H,27,30)/t17-,18-,19-,21?,25+,26?/m0/s1. The van der Waals surface area contributed by atoms with E-state index < -0.39 is 33.4 Å². The van der Waals surface area contributed by atoms with Crippen molar-refractivity contribution in [2.75, 3.05) is 18.5 Å². The van der Waals surface area contributed by atoms with Crippen LogP contribution in [0.15, 0.2) is 18.2 Å². The number of anilines is 1. The number of benzene rings is 1. The van der Waals surface area contributed by atoms with Gasteiger partial charge in [-0.15, -0.1) is 11.8 Å². The van der Waals surface area contributed by atoms with Crippen molar-refractivity contribution in [3.8, 4) is 0 Å². The van der Waals surface area contributed by atoms with E-state index in [9.17, 15) is 19.5 Å². The second-order valence-corrected chi connectivity index (χ2v) is 12.4. The van der Waals surface area contributed by atoms with Crippen LogP contribution in [0.1, 0.15) is 51.7 Å². The van der Waals surface area contributed by atoms with Crippen LogP contribution >= 0.6 is 11.8 Å². The number of esters is 1. The molecule has 8 heteroatoms. The van der Waals surface area contributed by atoms with Crippen molar-refractivity contribution in [3.05, 3.63) is 29.3 Å². The summed E-state index contributed by atoms with van der Waals surface area (Å²) in [4.78, 5) is 42.8. The second kappa shape index (κ2) is 8.86. The molecule has 2 unspecified atom stereocenters. The van der Waals surface area contributed by atoms with Gasteiger partial charge in [-0.05, 0) is 57.6 Å². The molecule has 0 aliphatic carbocycles. The number of likely N-dealkylation sites (tertiary alicyclic amines) is 1. The quantitative estimate of drug-likeness (QED) is 0.572. The number of para-hydroxylation sites is 1. The minimum Gasteiger partial charge on any atom is -0.466 e. The number of rotatable bonds is 7. The van der Waals surface area contributed by atoms with Gasteiger partial charge in [0, 0.05) is 10.4 Å².